The van der Waals surface area contributed by atoms with Gasteiger partial charge in [0.15, 0.2) is 0 Å². The van der Waals surface area contributed by atoms with Gasteiger partial charge >= 0.3 is 0 Å². The minimum absolute atomic E-state index is 0.274. The fraction of sp³-hybridized carbons (Fsp3) is 0.600. The summed E-state index contributed by atoms with van der Waals surface area (Å²) in [6, 6.07) is 6.21. The first-order valence-electron chi connectivity index (χ1n) is 6.92. The van der Waals surface area contributed by atoms with E-state index in [1.165, 1.54) is 12.8 Å². The molecule has 0 aliphatic carbocycles. The van der Waals surface area contributed by atoms with Crippen molar-refractivity contribution in [1.29, 1.82) is 0 Å². The van der Waals surface area contributed by atoms with E-state index in [9.17, 15) is 4.79 Å². The van der Waals surface area contributed by atoms with Crippen molar-refractivity contribution in [2.45, 2.75) is 45.2 Å². The van der Waals surface area contributed by atoms with Gasteiger partial charge in [-0.1, -0.05) is 12.5 Å². The molecule has 0 radical (unpaired) electrons. The second-order valence-corrected chi connectivity index (χ2v) is 5.20. The van der Waals surface area contributed by atoms with Gasteiger partial charge in [-0.25, -0.2) is 4.98 Å². The number of rotatable bonds is 5. The number of ketones is 1. The van der Waals surface area contributed by atoms with E-state index in [0.29, 0.717) is 18.3 Å². The Morgan fingerprint density at radius 3 is 3.05 bits per heavy atom. The van der Waals surface area contributed by atoms with Crippen LogP contribution in [-0.4, -0.2) is 35.4 Å². The van der Waals surface area contributed by atoms with Gasteiger partial charge in [0.25, 0.3) is 0 Å². The number of carbonyl (C=O) groups excluding carboxylic acids is 1. The monoisotopic (exact) mass is 262 g/mol. The molecule has 104 valence electrons. The highest BCUT2D eigenvalue weighted by Gasteiger charge is 2.23. The third-order valence-corrected chi connectivity index (χ3v) is 3.63. The minimum atomic E-state index is 0.274. The zero-order valence-corrected chi connectivity index (χ0v) is 11.8. The molecule has 4 nitrogen and oxygen atoms in total. The Hall–Kier alpha value is -1.42. The molecule has 2 heterocycles. The smallest absolute Gasteiger partial charge is 0.213 e. The van der Waals surface area contributed by atoms with Crippen LogP contribution in [0, 0.1) is 0 Å². The summed E-state index contributed by atoms with van der Waals surface area (Å²) in [5.41, 5.74) is 1.01. The van der Waals surface area contributed by atoms with Crippen molar-refractivity contribution < 1.29 is 9.53 Å². The fourth-order valence-electron chi connectivity index (χ4n) is 2.70. The number of nitrogens with zero attached hydrogens (tertiary/aromatic N) is 2. The molecule has 1 aliphatic heterocycles. The summed E-state index contributed by atoms with van der Waals surface area (Å²) in [7, 11) is 1.63. The highest BCUT2D eigenvalue weighted by atomic mass is 16.5. The minimum Gasteiger partial charge on any atom is -0.481 e. The number of hydrogen-bond donors (Lipinski definition) is 0. The Morgan fingerprint density at radius 2 is 2.32 bits per heavy atom. The first-order valence-corrected chi connectivity index (χ1v) is 6.92. The molecule has 1 aromatic rings. The number of methoxy groups -OCH3 is 1. The Morgan fingerprint density at radius 1 is 1.47 bits per heavy atom. The van der Waals surface area contributed by atoms with Crippen LogP contribution in [0.25, 0.3) is 0 Å². The van der Waals surface area contributed by atoms with E-state index in [-0.39, 0.29) is 5.78 Å². The molecule has 0 N–H and O–H groups in total. The molecule has 1 aliphatic rings. The summed E-state index contributed by atoms with van der Waals surface area (Å²) in [6.45, 7) is 3.53. The predicted molar refractivity (Wildman–Crippen MR) is 74.1 cm³/mol. The highest BCUT2D eigenvalue weighted by Crippen LogP contribution is 2.22. The van der Waals surface area contributed by atoms with Gasteiger partial charge in [-0.05, 0) is 32.4 Å². The lowest BCUT2D eigenvalue weighted by molar-refractivity contribution is -0.118. The summed E-state index contributed by atoms with van der Waals surface area (Å²) in [5, 5.41) is 0. The molecule has 1 atom stereocenters. The van der Waals surface area contributed by atoms with E-state index in [4.69, 9.17) is 4.74 Å². The fourth-order valence-corrected chi connectivity index (χ4v) is 2.70. The second-order valence-electron chi connectivity index (χ2n) is 5.20. The van der Waals surface area contributed by atoms with Crippen LogP contribution in [0.1, 0.15) is 38.3 Å². The van der Waals surface area contributed by atoms with Crippen molar-refractivity contribution in [2.24, 2.45) is 0 Å². The number of likely N-dealkylation sites (tertiary alicyclic amines) is 1. The van der Waals surface area contributed by atoms with Crippen molar-refractivity contribution in [1.82, 2.24) is 9.88 Å². The topological polar surface area (TPSA) is 42.4 Å². The highest BCUT2D eigenvalue weighted by molar-refractivity contribution is 5.76. The second kappa shape index (κ2) is 6.66. The first kappa shape index (κ1) is 14.0. The van der Waals surface area contributed by atoms with E-state index in [2.05, 4.69) is 9.88 Å². The quantitative estimate of drug-likeness (QED) is 0.817. The molecule has 1 aromatic heterocycles. The van der Waals surface area contributed by atoms with E-state index in [1.54, 1.807) is 14.0 Å². The average Bonchev–Trinajstić information content (AvgIpc) is 2.41. The molecule has 19 heavy (non-hydrogen) atoms. The third kappa shape index (κ3) is 4.03. The largest absolute Gasteiger partial charge is 0.481 e. The molecule has 0 spiro atoms. The molecule has 1 saturated heterocycles. The lowest BCUT2D eigenvalue weighted by atomic mass is 9.97. The Labute approximate surface area is 114 Å². The van der Waals surface area contributed by atoms with Crippen LogP contribution in [0.4, 0.5) is 0 Å². The zero-order valence-electron chi connectivity index (χ0n) is 11.8. The molecule has 1 fully saturated rings. The first-order chi connectivity index (χ1) is 9.19. The van der Waals surface area contributed by atoms with E-state index < -0.39 is 0 Å². The van der Waals surface area contributed by atoms with Crippen molar-refractivity contribution in [2.75, 3.05) is 13.7 Å². The third-order valence-electron chi connectivity index (χ3n) is 3.63. The predicted octanol–water partition coefficient (Wildman–Crippen LogP) is 2.42. The van der Waals surface area contributed by atoms with Crippen LogP contribution in [0.3, 0.4) is 0 Å². The maximum absolute atomic E-state index is 11.3. The normalized spacial score (nSPS) is 20.2. The number of aromatic nitrogens is 1. The maximum Gasteiger partial charge on any atom is 0.213 e. The van der Waals surface area contributed by atoms with Crippen molar-refractivity contribution in [3.63, 3.8) is 0 Å². The van der Waals surface area contributed by atoms with Gasteiger partial charge in [-0.2, -0.15) is 0 Å². The van der Waals surface area contributed by atoms with Gasteiger partial charge in [0.05, 0.1) is 12.8 Å². The van der Waals surface area contributed by atoms with Crippen molar-refractivity contribution in [3.05, 3.63) is 23.9 Å². The number of hydrogen-bond acceptors (Lipinski definition) is 4. The Bertz CT molecular complexity index is 434. The molecule has 1 unspecified atom stereocenters. The van der Waals surface area contributed by atoms with Gasteiger partial charge in [-0.3, -0.25) is 9.69 Å². The number of ether oxygens (including phenoxy) is 1. The SMILES string of the molecule is COc1cccc(CN2CCCCC2CC(C)=O)n1. The number of pyridine rings is 1. The molecule has 0 saturated carbocycles. The maximum atomic E-state index is 11.3. The zero-order chi connectivity index (χ0) is 13.7. The van der Waals surface area contributed by atoms with Gasteiger partial charge < -0.3 is 4.74 Å². The summed E-state index contributed by atoms with van der Waals surface area (Å²) >= 11 is 0. The van der Waals surface area contributed by atoms with E-state index in [1.807, 2.05) is 18.2 Å². The average molecular weight is 262 g/mol. The summed E-state index contributed by atoms with van der Waals surface area (Å²) < 4.78 is 5.15. The number of piperidine rings is 1. The van der Waals surface area contributed by atoms with Crippen LogP contribution >= 0.6 is 0 Å². The lowest BCUT2D eigenvalue weighted by Gasteiger charge is -2.35. The molecular weight excluding hydrogens is 240 g/mol. The van der Waals surface area contributed by atoms with Crippen LogP contribution in [-0.2, 0) is 11.3 Å². The molecule has 4 heteroatoms. The van der Waals surface area contributed by atoms with Gasteiger partial charge in [0.2, 0.25) is 5.88 Å². The van der Waals surface area contributed by atoms with Gasteiger partial charge in [-0.15, -0.1) is 0 Å². The Kier molecular flexibility index (Phi) is 4.91. The van der Waals surface area contributed by atoms with Crippen LogP contribution < -0.4 is 4.74 Å². The lowest BCUT2D eigenvalue weighted by Crippen LogP contribution is -2.40. The van der Waals surface area contributed by atoms with Crippen molar-refractivity contribution in [3.8, 4) is 5.88 Å². The van der Waals surface area contributed by atoms with E-state index in [0.717, 1.165) is 25.2 Å². The molecule has 2 rings (SSSR count). The van der Waals surface area contributed by atoms with Gasteiger partial charge in [0.1, 0.15) is 5.78 Å². The van der Waals surface area contributed by atoms with Crippen LogP contribution in [0.5, 0.6) is 5.88 Å². The molecule has 0 amide bonds. The summed E-state index contributed by atoms with van der Waals surface area (Å²) in [6.07, 6.45) is 4.20. The Balaban J connectivity index is 2.03. The number of carbonyl (C=O) groups is 1. The molecular formula is C15H22N2O2. The van der Waals surface area contributed by atoms with Gasteiger partial charge in [0, 0.05) is 25.1 Å². The number of Topliss-reactive ketones (excluding diaryl/α,β-unsaturated/α-hetero) is 1. The standard InChI is InChI=1S/C15H22N2O2/c1-12(18)10-14-7-3-4-9-17(14)11-13-6-5-8-15(16-13)19-2/h5-6,8,14H,3-4,7,9-11H2,1-2H3. The van der Waals surface area contributed by atoms with E-state index >= 15 is 0 Å². The molecule has 0 bridgehead atoms. The van der Waals surface area contributed by atoms with Crippen LogP contribution in [0.2, 0.25) is 0 Å². The summed E-state index contributed by atoms with van der Waals surface area (Å²) in [4.78, 5) is 18.2. The molecule has 0 aromatic carbocycles. The van der Waals surface area contributed by atoms with Crippen LogP contribution in [0.15, 0.2) is 18.2 Å². The van der Waals surface area contributed by atoms with Crippen molar-refractivity contribution >= 4 is 5.78 Å². The summed E-state index contributed by atoms with van der Waals surface area (Å²) in [5.74, 6) is 0.924.